The fourth-order valence-corrected chi connectivity index (χ4v) is 3.18. The fourth-order valence-electron chi connectivity index (χ4n) is 3.18. The Morgan fingerprint density at radius 1 is 1.29 bits per heavy atom. The van der Waals surface area contributed by atoms with Gasteiger partial charge in [-0.15, -0.1) is 0 Å². The Labute approximate surface area is 127 Å². The molecule has 0 radical (unpaired) electrons. The number of hydrogen-bond donors (Lipinski definition) is 0. The second-order valence-corrected chi connectivity index (χ2v) is 6.02. The van der Waals surface area contributed by atoms with Gasteiger partial charge in [0.2, 0.25) is 5.91 Å². The molecule has 0 aliphatic carbocycles. The van der Waals surface area contributed by atoms with E-state index < -0.39 is 0 Å². The smallest absolute Gasteiger partial charge is 0.223 e. The lowest BCUT2D eigenvalue weighted by Crippen LogP contribution is -2.48. The lowest BCUT2D eigenvalue weighted by atomic mass is 10.1. The molecule has 0 saturated carbocycles. The lowest BCUT2D eigenvalue weighted by Gasteiger charge is -2.35. The van der Waals surface area contributed by atoms with Crippen molar-refractivity contribution in [2.75, 3.05) is 13.1 Å². The van der Waals surface area contributed by atoms with Gasteiger partial charge in [0.05, 0.1) is 17.9 Å². The molecule has 1 aromatic rings. The number of rotatable bonds is 4. The first-order chi connectivity index (χ1) is 9.92. The molecular weight excluding hydrogens is 266 g/mol. The van der Waals surface area contributed by atoms with E-state index in [0.717, 1.165) is 18.7 Å². The fraction of sp³-hybridized carbons (Fsp3) is 0.750. The van der Waals surface area contributed by atoms with Crippen LogP contribution in [-0.2, 0) is 22.5 Å². The van der Waals surface area contributed by atoms with Crippen LogP contribution in [0.25, 0.3) is 0 Å². The number of morpholine rings is 1. The first-order valence-electron chi connectivity index (χ1n) is 7.88. The van der Waals surface area contributed by atoms with Crippen LogP contribution in [0.2, 0.25) is 0 Å². The largest absolute Gasteiger partial charge is 0.372 e. The SMILES string of the molecule is CCn1nc(C)c(CCC(=O)N2C[C@@H](C)O[C@@H](C)C2)c1C. The van der Waals surface area contributed by atoms with Crippen molar-refractivity contribution in [3.63, 3.8) is 0 Å². The van der Waals surface area contributed by atoms with Crippen LogP contribution in [0.5, 0.6) is 0 Å². The number of nitrogens with zero attached hydrogens (tertiary/aromatic N) is 3. The Morgan fingerprint density at radius 2 is 1.90 bits per heavy atom. The summed E-state index contributed by atoms with van der Waals surface area (Å²) in [6.07, 6.45) is 1.58. The summed E-state index contributed by atoms with van der Waals surface area (Å²) >= 11 is 0. The summed E-state index contributed by atoms with van der Waals surface area (Å²) < 4.78 is 7.69. The normalized spacial score (nSPS) is 22.6. The average Bonchev–Trinajstić information content (AvgIpc) is 2.69. The Bertz CT molecular complexity index is 500. The molecule has 1 aliphatic rings. The van der Waals surface area contributed by atoms with E-state index in [1.54, 1.807) is 0 Å². The third-order valence-electron chi connectivity index (χ3n) is 4.19. The monoisotopic (exact) mass is 293 g/mol. The van der Waals surface area contributed by atoms with Crippen LogP contribution in [0.15, 0.2) is 0 Å². The van der Waals surface area contributed by atoms with Gasteiger partial charge < -0.3 is 9.64 Å². The van der Waals surface area contributed by atoms with Crippen LogP contribution in [-0.4, -0.2) is 45.9 Å². The summed E-state index contributed by atoms with van der Waals surface area (Å²) in [7, 11) is 0. The molecule has 2 heterocycles. The van der Waals surface area contributed by atoms with E-state index in [4.69, 9.17) is 4.74 Å². The molecule has 2 atom stereocenters. The van der Waals surface area contributed by atoms with E-state index in [0.29, 0.717) is 19.5 Å². The Balaban J connectivity index is 1.96. The molecule has 1 saturated heterocycles. The van der Waals surface area contributed by atoms with Crippen molar-refractivity contribution in [2.24, 2.45) is 0 Å². The molecule has 0 bridgehead atoms. The van der Waals surface area contributed by atoms with Gasteiger partial charge in [-0.2, -0.15) is 5.10 Å². The van der Waals surface area contributed by atoms with Gasteiger partial charge in [0.1, 0.15) is 0 Å². The summed E-state index contributed by atoms with van der Waals surface area (Å²) in [6.45, 7) is 12.5. The standard InChI is InChI=1S/C16H27N3O2/c1-6-19-14(5)15(13(4)17-19)7-8-16(20)18-9-11(2)21-12(3)10-18/h11-12H,6-10H2,1-5H3/t11-,12+. The highest BCUT2D eigenvalue weighted by Crippen LogP contribution is 2.17. The van der Waals surface area contributed by atoms with Crippen LogP contribution in [0.4, 0.5) is 0 Å². The maximum Gasteiger partial charge on any atom is 0.223 e. The van der Waals surface area contributed by atoms with Gasteiger partial charge in [0.15, 0.2) is 0 Å². The molecule has 0 spiro atoms. The third-order valence-corrected chi connectivity index (χ3v) is 4.19. The van der Waals surface area contributed by atoms with E-state index in [1.165, 1.54) is 11.3 Å². The van der Waals surface area contributed by atoms with Crippen LogP contribution in [0.1, 0.15) is 44.1 Å². The molecule has 1 fully saturated rings. The zero-order valence-electron chi connectivity index (χ0n) is 13.8. The Hall–Kier alpha value is -1.36. The Morgan fingerprint density at radius 3 is 2.43 bits per heavy atom. The summed E-state index contributed by atoms with van der Waals surface area (Å²) in [5.74, 6) is 0.222. The maximum atomic E-state index is 12.4. The van der Waals surface area contributed by atoms with Crippen molar-refractivity contribution >= 4 is 5.91 Å². The highest BCUT2D eigenvalue weighted by atomic mass is 16.5. The predicted molar refractivity (Wildman–Crippen MR) is 82.3 cm³/mol. The summed E-state index contributed by atoms with van der Waals surface area (Å²) in [6, 6.07) is 0. The van der Waals surface area contributed by atoms with Crippen molar-refractivity contribution in [1.29, 1.82) is 0 Å². The van der Waals surface area contributed by atoms with Gasteiger partial charge in [-0.1, -0.05) is 0 Å². The zero-order valence-corrected chi connectivity index (χ0v) is 13.8. The van der Waals surface area contributed by atoms with Crippen molar-refractivity contribution in [3.8, 4) is 0 Å². The Kier molecular flexibility index (Phi) is 5.04. The second kappa shape index (κ2) is 6.60. The van der Waals surface area contributed by atoms with Gasteiger partial charge in [-0.05, 0) is 46.6 Å². The number of ether oxygens (including phenoxy) is 1. The molecular formula is C16H27N3O2. The molecule has 118 valence electrons. The number of amides is 1. The first-order valence-corrected chi connectivity index (χ1v) is 7.88. The third kappa shape index (κ3) is 3.64. The molecule has 5 nitrogen and oxygen atoms in total. The first kappa shape index (κ1) is 16.0. The van der Waals surface area contributed by atoms with E-state index in [9.17, 15) is 4.79 Å². The van der Waals surface area contributed by atoms with Crippen LogP contribution >= 0.6 is 0 Å². The lowest BCUT2D eigenvalue weighted by molar-refractivity contribution is -0.143. The van der Waals surface area contributed by atoms with Crippen LogP contribution in [0, 0.1) is 13.8 Å². The topological polar surface area (TPSA) is 47.4 Å². The molecule has 0 unspecified atom stereocenters. The molecule has 1 aliphatic heterocycles. The minimum absolute atomic E-state index is 0.129. The molecule has 2 rings (SSSR count). The van der Waals surface area contributed by atoms with E-state index in [1.807, 2.05) is 30.4 Å². The number of aromatic nitrogens is 2. The molecule has 1 aromatic heterocycles. The van der Waals surface area contributed by atoms with Gasteiger partial charge in [-0.25, -0.2) is 0 Å². The van der Waals surface area contributed by atoms with Crippen molar-refractivity contribution in [3.05, 3.63) is 17.0 Å². The minimum atomic E-state index is 0.129. The van der Waals surface area contributed by atoms with Gasteiger partial charge in [0, 0.05) is 31.7 Å². The summed E-state index contributed by atoms with van der Waals surface area (Å²) in [5.41, 5.74) is 3.46. The molecule has 0 N–H and O–H groups in total. The van der Waals surface area contributed by atoms with Crippen molar-refractivity contribution in [1.82, 2.24) is 14.7 Å². The molecule has 21 heavy (non-hydrogen) atoms. The minimum Gasteiger partial charge on any atom is -0.372 e. The van der Waals surface area contributed by atoms with Crippen molar-refractivity contribution in [2.45, 2.75) is 66.2 Å². The molecule has 1 amide bonds. The molecule has 5 heteroatoms. The van der Waals surface area contributed by atoms with E-state index >= 15 is 0 Å². The van der Waals surface area contributed by atoms with Gasteiger partial charge in [0.25, 0.3) is 0 Å². The van der Waals surface area contributed by atoms with Crippen LogP contribution < -0.4 is 0 Å². The quantitative estimate of drug-likeness (QED) is 0.854. The number of carbonyl (C=O) groups excluding carboxylic acids is 1. The zero-order chi connectivity index (χ0) is 15.6. The summed E-state index contributed by atoms with van der Waals surface area (Å²) in [4.78, 5) is 14.3. The van der Waals surface area contributed by atoms with Gasteiger partial charge >= 0.3 is 0 Å². The highest BCUT2D eigenvalue weighted by molar-refractivity contribution is 5.76. The number of carbonyl (C=O) groups is 1. The van der Waals surface area contributed by atoms with Crippen molar-refractivity contribution < 1.29 is 9.53 Å². The predicted octanol–water partition coefficient (Wildman–Crippen LogP) is 2.09. The maximum absolute atomic E-state index is 12.4. The second-order valence-electron chi connectivity index (χ2n) is 6.02. The molecule has 0 aromatic carbocycles. The highest BCUT2D eigenvalue weighted by Gasteiger charge is 2.25. The van der Waals surface area contributed by atoms with E-state index in [-0.39, 0.29) is 18.1 Å². The van der Waals surface area contributed by atoms with Crippen LogP contribution in [0.3, 0.4) is 0 Å². The summed E-state index contributed by atoms with van der Waals surface area (Å²) in [5, 5.41) is 4.51. The number of aryl methyl sites for hydroxylation is 2. The number of hydrogen-bond acceptors (Lipinski definition) is 3. The van der Waals surface area contributed by atoms with E-state index in [2.05, 4.69) is 18.9 Å². The average molecular weight is 293 g/mol. The van der Waals surface area contributed by atoms with Gasteiger partial charge in [-0.3, -0.25) is 9.48 Å².